The highest BCUT2D eigenvalue weighted by atomic mass is 16.2. The Morgan fingerprint density at radius 2 is 2.00 bits per heavy atom. The van der Waals surface area contributed by atoms with E-state index in [4.69, 9.17) is 1.37 Å². The highest BCUT2D eigenvalue weighted by Crippen LogP contribution is 2.02. The second-order valence-corrected chi connectivity index (χ2v) is 2.06. The smallest absolute Gasteiger partial charge is 0.253 e. The zero-order chi connectivity index (χ0) is 9.14. The largest absolute Gasteiger partial charge is 0.303 e. The van der Waals surface area contributed by atoms with E-state index in [0.717, 1.165) is 17.1 Å². The van der Waals surface area contributed by atoms with Gasteiger partial charge in [0.05, 0.1) is 0 Å². The fourth-order valence-electron chi connectivity index (χ4n) is 0.809. The molecule has 1 aliphatic rings. The van der Waals surface area contributed by atoms with Crippen LogP contribution in [0.25, 0.3) is 0 Å². The summed E-state index contributed by atoms with van der Waals surface area (Å²) in [6.45, 7) is 0.00694. The van der Waals surface area contributed by atoms with Crippen LogP contribution in [-0.4, -0.2) is 29.5 Å². The summed E-state index contributed by atoms with van der Waals surface area (Å²) in [6, 6.07) is 0. The van der Waals surface area contributed by atoms with Crippen LogP contribution < -0.4 is 0 Å². The maximum Gasteiger partial charge on any atom is 0.253 e. The van der Waals surface area contributed by atoms with Crippen LogP contribution in [0.5, 0.6) is 0 Å². The molecule has 4 heteroatoms. The first-order valence-corrected chi connectivity index (χ1v) is 3.14. The SMILES string of the molecule is [2H]C(=O)CCN1C(=O)C=CC1=O. The normalized spacial score (nSPS) is 17.5. The van der Waals surface area contributed by atoms with Crippen LogP contribution >= 0.6 is 0 Å². The van der Waals surface area contributed by atoms with Gasteiger partial charge in [0.2, 0.25) is 0 Å². The number of imide groups is 1. The molecular weight excluding hydrogens is 146 g/mol. The Kier molecular flexibility index (Phi) is 1.76. The van der Waals surface area contributed by atoms with Crippen LogP contribution in [0.15, 0.2) is 12.2 Å². The van der Waals surface area contributed by atoms with Gasteiger partial charge in [0.1, 0.15) is 7.63 Å². The topological polar surface area (TPSA) is 54.5 Å². The predicted octanol–water partition coefficient (Wildman–Crippen LogP) is -0.500. The summed E-state index contributed by atoms with van der Waals surface area (Å²) in [5.74, 6) is -0.831. The van der Waals surface area contributed by atoms with Crippen molar-refractivity contribution >= 4 is 18.1 Å². The number of aldehydes is 1. The summed E-state index contributed by atoms with van der Waals surface area (Å²) in [4.78, 5) is 32.8. The molecule has 1 heterocycles. The molecule has 0 bridgehead atoms. The second kappa shape index (κ2) is 3.09. The van der Waals surface area contributed by atoms with E-state index in [0.29, 0.717) is 0 Å². The molecule has 0 saturated heterocycles. The van der Waals surface area contributed by atoms with Crippen molar-refractivity contribution in [2.24, 2.45) is 0 Å². The number of carbonyl (C=O) groups is 3. The minimum absolute atomic E-state index is 0.00694. The van der Waals surface area contributed by atoms with Crippen molar-refractivity contribution in [2.45, 2.75) is 6.42 Å². The van der Waals surface area contributed by atoms with Crippen molar-refractivity contribution in [1.82, 2.24) is 4.90 Å². The van der Waals surface area contributed by atoms with Gasteiger partial charge in [-0.3, -0.25) is 14.5 Å². The maximum atomic E-state index is 10.8. The van der Waals surface area contributed by atoms with E-state index in [2.05, 4.69) is 0 Å². The van der Waals surface area contributed by atoms with Crippen molar-refractivity contribution in [3.8, 4) is 0 Å². The van der Waals surface area contributed by atoms with Gasteiger partial charge in [0.25, 0.3) is 11.8 Å². The highest BCUT2D eigenvalue weighted by molar-refractivity contribution is 6.12. The average molecular weight is 154 g/mol. The predicted molar refractivity (Wildman–Crippen MR) is 36.5 cm³/mol. The summed E-state index contributed by atoms with van der Waals surface area (Å²) in [5, 5.41) is 0. The maximum absolute atomic E-state index is 10.8. The lowest BCUT2D eigenvalue weighted by molar-refractivity contribution is -0.136. The standard InChI is InChI=1S/C7H7NO3/c9-5-1-4-8-6(10)2-3-7(8)11/h2-3,5H,1,4H2/i5D. The first-order valence-electron chi connectivity index (χ1n) is 3.64. The molecule has 0 aliphatic carbocycles. The van der Waals surface area contributed by atoms with E-state index in [-0.39, 0.29) is 13.0 Å². The van der Waals surface area contributed by atoms with Crippen molar-refractivity contribution < 1.29 is 15.8 Å². The lowest BCUT2D eigenvalue weighted by Gasteiger charge is -2.10. The third-order valence-corrected chi connectivity index (χ3v) is 1.34. The van der Waals surface area contributed by atoms with E-state index in [9.17, 15) is 14.4 Å². The number of hydrogen-bond donors (Lipinski definition) is 0. The Balaban J connectivity index is 2.48. The molecule has 1 rings (SSSR count). The lowest BCUT2D eigenvalue weighted by Crippen LogP contribution is -2.30. The lowest BCUT2D eigenvalue weighted by atomic mass is 10.4. The van der Waals surface area contributed by atoms with Gasteiger partial charge in [-0.05, 0) is 0 Å². The van der Waals surface area contributed by atoms with E-state index in [1.165, 1.54) is 0 Å². The minimum Gasteiger partial charge on any atom is -0.303 e. The molecule has 11 heavy (non-hydrogen) atoms. The van der Waals surface area contributed by atoms with Gasteiger partial charge in [0, 0.05) is 25.1 Å². The first-order chi connectivity index (χ1) is 5.61. The number of hydrogen-bond acceptors (Lipinski definition) is 3. The fraction of sp³-hybridized carbons (Fsp3) is 0.286. The van der Waals surface area contributed by atoms with Gasteiger partial charge in [-0.25, -0.2) is 0 Å². The van der Waals surface area contributed by atoms with Gasteiger partial charge in [-0.15, -0.1) is 0 Å². The average Bonchev–Trinajstić information content (AvgIpc) is 2.28. The molecule has 0 spiro atoms. The van der Waals surface area contributed by atoms with Crippen LogP contribution in [0.1, 0.15) is 7.79 Å². The van der Waals surface area contributed by atoms with Gasteiger partial charge in [0.15, 0.2) is 0 Å². The van der Waals surface area contributed by atoms with E-state index < -0.39 is 18.1 Å². The molecule has 0 unspecified atom stereocenters. The third kappa shape index (κ3) is 1.52. The Hall–Kier alpha value is -1.45. The van der Waals surface area contributed by atoms with E-state index in [1.54, 1.807) is 0 Å². The van der Waals surface area contributed by atoms with E-state index in [1.807, 2.05) is 0 Å². The molecule has 0 radical (unpaired) electrons. The van der Waals surface area contributed by atoms with Gasteiger partial charge < -0.3 is 4.79 Å². The fourth-order valence-corrected chi connectivity index (χ4v) is 0.809. The van der Waals surface area contributed by atoms with Crippen LogP contribution in [-0.2, 0) is 14.4 Å². The number of rotatable bonds is 3. The van der Waals surface area contributed by atoms with Crippen molar-refractivity contribution in [2.75, 3.05) is 6.54 Å². The highest BCUT2D eigenvalue weighted by Gasteiger charge is 2.21. The summed E-state index contributed by atoms with van der Waals surface area (Å²) in [6.07, 6.45) is 1.43. The van der Waals surface area contributed by atoms with Crippen molar-refractivity contribution in [3.05, 3.63) is 12.2 Å². The number of amides is 2. The molecular formula is C7H7NO3. The van der Waals surface area contributed by atoms with Gasteiger partial charge in [-0.2, -0.15) is 0 Å². The summed E-state index contributed by atoms with van der Waals surface area (Å²) in [7, 11) is 0. The Bertz CT molecular complexity index is 254. The summed E-state index contributed by atoms with van der Waals surface area (Å²) >= 11 is 0. The van der Waals surface area contributed by atoms with Crippen LogP contribution in [0.3, 0.4) is 0 Å². The molecule has 2 amide bonds. The third-order valence-electron chi connectivity index (χ3n) is 1.34. The van der Waals surface area contributed by atoms with Crippen LogP contribution in [0.2, 0.25) is 0 Å². The Labute approximate surface area is 64.9 Å². The monoisotopic (exact) mass is 154 g/mol. The number of nitrogens with zero attached hydrogens (tertiary/aromatic N) is 1. The molecule has 58 valence electrons. The molecule has 0 saturated carbocycles. The quantitative estimate of drug-likeness (QED) is 0.406. The second-order valence-electron chi connectivity index (χ2n) is 2.06. The molecule has 0 aromatic rings. The molecule has 0 fully saturated rings. The van der Waals surface area contributed by atoms with Crippen LogP contribution in [0.4, 0.5) is 0 Å². The molecule has 0 N–H and O–H groups in total. The summed E-state index contributed by atoms with van der Waals surface area (Å²) in [5.41, 5.74) is 0. The van der Waals surface area contributed by atoms with Crippen LogP contribution in [0, 0.1) is 0 Å². The van der Waals surface area contributed by atoms with Crippen molar-refractivity contribution in [1.29, 1.82) is 0 Å². The molecule has 0 atom stereocenters. The van der Waals surface area contributed by atoms with E-state index >= 15 is 0 Å². The molecule has 1 aliphatic heterocycles. The first kappa shape index (κ1) is 6.27. The molecule has 0 aromatic heterocycles. The van der Waals surface area contributed by atoms with Crippen molar-refractivity contribution in [3.63, 3.8) is 0 Å². The zero-order valence-electron chi connectivity index (χ0n) is 6.74. The molecule has 0 aromatic carbocycles. The molecule has 4 nitrogen and oxygen atoms in total. The Morgan fingerprint density at radius 1 is 1.45 bits per heavy atom. The summed E-state index contributed by atoms with van der Waals surface area (Å²) < 4.78 is 6.56. The minimum atomic E-state index is -0.775. The number of carbonyl (C=O) groups excluding carboxylic acids is 3. The zero-order valence-corrected chi connectivity index (χ0v) is 5.74. The van der Waals surface area contributed by atoms with Gasteiger partial charge in [-0.1, -0.05) is 0 Å². The van der Waals surface area contributed by atoms with Gasteiger partial charge >= 0.3 is 0 Å². The Morgan fingerprint density at radius 3 is 2.45 bits per heavy atom.